The van der Waals surface area contributed by atoms with Gasteiger partial charge < -0.3 is 19.5 Å². The van der Waals surface area contributed by atoms with Gasteiger partial charge in [0.15, 0.2) is 0 Å². The van der Waals surface area contributed by atoms with Crippen molar-refractivity contribution in [2.45, 2.75) is 44.5 Å². The summed E-state index contributed by atoms with van der Waals surface area (Å²) in [6.07, 6.45) is 3.95. The number of hydrogen-bond acceptors (Lipinski definition) is 4. The Morgan fingerprint density at radius 1 is 1.13 bits per heavy atom. The van der Waals surface area contributed by atoms with Crippen LogP contribution in [0.4, 0.5) is 4.79 Å². The monoisotopic (exact) mass is 319 g/mol. The smallest absolute Gasteiger partial charge is 0.410 e. The number of benzene rings is 1. The summed E-state index contributed by atoms with van der Waals surface area (Å²) in [6.45, 7) is 1.97. The van der Waals surface area contributed by atoms with Crippen molar-refractivity contribution in [3.63, 3.8) is 0 Å². The van der Waals surface area contributed by atoms with Crippen LogP contribution in [0.2, 0.25) is 0 Å². The fourth-order valence-electron chi connectivity index (χ4n) is 3.19. The summed E-state index contributed by atoms with van der Waals surface area (Å²) in [4.78, 5) is 13.8. The maximum atomic E-state index is 12.1. The average Bonchev–Trinajstić information content (AvgIpc) is 2.57. The van der Waals surface area contributed by atoms with Crippen LogP contribution in [-0.4, -0.2) is 48.0 Å². The van der Waals surface area contributed by atoms with Crippen LogP contribution < -0.4 is 0 Å². The van der Waals surface area contributed by atoms with Gasteiger partial charge in [0.1, 0.15) is 6.61 Å². The highest BCUT2D eigenvalue weighted by atomic mass is 16.6. The predicted molar refractivity (Wildman–Crippen MR) is 85.9 cm³/mol. The van der Waals surface area contributed by atoms with E-state index in [2.05, 4.69) is 0 Å². The topological polar surface area (TPSA) is 59.0 Å². The Labute approximate surface area is 137 Å². The zero-order valence-electron chi connectivity index (χ0n) is 13.4. The van der Waals surface area contributed by atoms with Gasteiger partial charge in [0.25, 0.3) is 0 Å². The summed E-state index contributed by atoms with van der Waals surface area (Å²) in [6, 6.07) is 9.72. The molecular weight excluding hydrogens is 294 g/mol. The largest absolute Gasteiger partial charge is 0.445 e. The molecule has 1 aromatic carbocycles. The number of likely N-dealkylation sites (tertiary alicyclic amines) is 1. The second-order valence-corrected chi connectivity index (χ2v) is 6.50. The van der Waals surface area contributed by atoms with E-state index in [0.29, 0.717) is 31.7 Å². The zero-order valence-corrected chi connectivity index (χ0v) is 13.4. The standard InChI is InChI=1S/C18H25NO4/c20-12-15-10-17(11-15)23-16-6-8-19(9-7-16)18(21)22-13-14-4-2-1-3-5-14/h1-5,15-17,20H,6-13H2. The van der Waals surface area contributed by atoms with Crippen molar-refractivity contribution < 1.29 is 19.4 Å². The summed E-state index contributed by atoms with van der Waals surface area (Å²) in [5.74, 6) is 0.424. The van der Waals surface area contributed by atoms with E-state index < -0.39 is 0 Å². The minimum absolute atomic E-state index is 0.234. The molecule has 1 N–H and O–H groups in total. The number of carbonyl (C=O) groups is 1. The SMILES string of the molecule is O=C(OCc1ccccc1)N1CCC(OC2CC(CO)C2)CC1. The van der Waals surface area contributed by atoms with Crippen LogP contribution in [0.3, 0.4) is 0 Å². The van der Waals surface area contributed by atoms with E-state index in [9.17, 15) is 4.79 Å². The van der Waals surface area contributed by atoms with Crippen molar-refractivity contribution in [3.8, 4) is 0 Å². The number of rotatable bonds is 5. The van der Waals surface area contributed by atoms with Crippen molar-refractivity contribution in [1.29, 1.82) is 0 Å². The molecule has 2 fully saturated rings. The average molecular weight is 319 g/mol. The molecule has 126 valence electrons. The molecule has 2 aliphatic rings. The molecule has 1 amide bonds. The zero-order chi connectivity index (χ0) is 16.1. The molecule has 0 bridgehead atoms. The molecule has 1 saturated heterocycles. The van der Waals surface area contributed by atoms with E-state index >= 15 is 0 Å². The summed E-state index contributed by atoms with van der Waals surface area (Å²) >= 11 is 0. The fraction of sp³-hybridized carbons (Fsp3) is 0.611. The van der Waals surface area contributed by atoms with Crippen LogP contribution in [0.25, 0.3) is 0 Å². The lowest BCUT2D eigenvalue weighted by molar-refractivity contribution is -0.0996. The number of aliphatic hydroxyl groups excluding tert-OH is 1. The second kappa shape index (κ2) is 7.79. The minimum Gasteiger partial charge on any atom is -0.445 e. The third kappa shape index (κ3) is 4.45. The van der Waals surface area contributed by atoms with Crippen LogP contribution in [0.15, 0.2) is 30.3 Å². The van der Waals surface area contributed by atoms with Gasteiger partial charge in [-0.3, -0.25) is 0 Å². The van der Waals surface area contributed by atoms with Gasteiger partial charge in [-0.1, -0.05) is 30.3 Å². The maximum absolute atomic E-state index is 12.1. The van der Waals surface area contributed by atoms with E-state index in [1.54, 1.807) is 4.90 Å². The first-order valence-corrected chi connectivity index (χ1v) is 8.46. The lowest BCUT2D eigenvalue weighted by Gasteiger charge is -2.39. The molecule has 1 aliphatic heterocycles. The van der Waals surface area contributed by atoms with Crippen LogP contribution in [-0.2, 0) is 16.1 Å². The third-order valence-corrected chi connectivity index (χ3v) is 4.74. The number of carbonyl (C=O) groups excluding carboxylic acids is 1. The van der Waals surface area contributed by atoms with Crippen molar-refractivity contribution in [1.82, 2.24) is 4.90 Å². The Morgan fingerprint density at radius 3 is 2.48 bits per heavy atom. The molecule has 0 spiro atoms. The molecule has 5 heteroatoms. The van der Waals surface area contributed by atoms with E-state index in [-0.39, 0.29) is 18.8 Å². The van der Waals surface area contributed by atoms with Gasteiger partial charge in [-0.25, -0.2) is 4.79 Å². The highest BCUT2D eigenvalue weighted by Crippen LogP contribution is 2.32. The Hall–Kier alpha value is -1.59. The molecule has 1 heterocycles. The van der Waals surface area contributed by atoms with Gasteiger partial charge >= 0.3 is 6.09 Å². The lowest BCUT2D eigenvalue weighted by atomic mass is 9.83. The quantitative estimate of drug-likeness (QED) is 0.906. The summed E-state index contributed by atoms with van der Waals surface area (Å²) < 4.78 is 11.4. The third-order valence-electron chi connectivity index (χ3n) is 4.74. The molecule has 0 unspecified atom stereocenters. The number of amides is 1. The van der Waals surface area contributed by atoms with Crippen molar-refractivity contribution in [2.24, 2.45) is 5.92 Å². The molecule has 1 saturated carbocycles. The first kappa shape index (κ1) is 16.3. The lowest BCUT2D eigenvalue weighted by Crippen LogP contribution is -2.44. The maximum Gasteiger partial charge on any atom is 0.410 e. The van der Waals surface area contributed by atoms with Gasteiger partial charge in [-0.05, 0) is 37.2 Å². The van der Waals surface area contributed by atoms with E-state index in [1.165, 1.54) is 0 Å². The first-order chi connectivity index (χ1) is 11.2. The van der Waals surface area contributed by atoms with Crippen molar-refractivity contribution >= 4 is 6.09 Å². The van der Waals surface area contributed by atoms with E-state index in [4.69, 9.17) is 14.6 Å². The molecule has 1 aliphatic carbocycles. The number of nitrogens with zero attached hydrogens (tertiary/aromatic N) is 1. The van der Waals surface area contributed by atoms with Crippen LogP contribution in [0.1, 0.15) is 31.2 Å². The Balaban J connectivity index is 1.34. The molecule has 0 atom stereocenters. The van der Waals surface area contributed by atoms with E-state index in [1.807, 2.05) is 30.3 Å². The molecule has 0 radical (unpaired) electrons. The van der Waals surface area contributed by atoms with Crippen molar-refractivity contribution in [3.05, 3.63) is 35.9 Å². The Morgan fingerprint density at radius 2 is 1.83 bits per heavy atom. The van der Waals surface area contributed by atoms with E-state index in [0.717, 1.165) is 31.2 Å². The van der Waals surface area contributed by atoms with Gasteiger partial charge in [-0.2, -0.15) is 0 Å². The number of hydrogen-bond donors (Lipinski definition) is 1. The minimum atomic E-state index is -0.240. The van der Waals surface area contributed by atoms with Gasteiger partial charge in [-0.15, -0.1) is 0 Å². The number of piperidine rings is 1. The van der Waals surface area contributed by atoms with Crippen molar-refractivity contribution in [2.75, 3.05) is 19.7 Å². The van der Waals surface area contributed by atoms with Crippen LogP contribution in [0.5, 0.6) is 0 Å². The van der Waals surface area contributed by atoms with Gasteiger partial charge in [0, 0.05) is 19.7 Å². The first-order valence-electron chi connectivity index (χ1n) is 8.46. The Kier molecular flexibility index (Phi) is 5.51. The molecule has 23 heavy (non-hydrogen) atoms. The fourth-order valence-corrected chi connectivity index (χ4v) is 3.19. The highest BCUT2D eigenvalue weighted by molar-refractivity contribution is 5.67. The molecule has 5 nitrogen and oxygen atoms in total. The molecule has 0 aromatic heterocycles. The number of ether oxygens (including phenoxy) is 2. The van der Waals surface area contributed by atoms with Gasteiger partial charge in [0.05, 0.1) is 12.2 Å². The Bertz CT molecular complexity index is 493. The van der Waals surface area contributed by atoms with Crippen LogP contribution in [0, 0.1) is 5.92 Å². The van der Waals surface area contributed by atoms with Gasteiger partial charge in [0.2, 0.25) is 0 Å². The second-order valence-electron chi connectivity index (χ2n) is 6.50. The predicted octanol–water partition coefficient (Wildman–Crippen LogP) is 2.58. The van der Waals surface area contributed by atoms with Crippen LogP contribution >= 0.6 is 0 Å². The molecule has 1 aromatic rings. The summed E-state index contributed by atoms with van der Waals surface area (Å²) in [5.41, 5.74) is 1.00. The summed E-state index contributed by atoms with van der Waals surface area (Å²) in [5, 5.41) is 9.02. The highest BCUT2D eigenvalue weighted by Gasteiger charge is 2.33. The normalized spacial score (nSPS) is 25.0. The molecule has 3 rings (SSSR count). The number of aliphatic hydroxyl groups is 1. The molecular formula is C18H25NO4. The summed E-state index contributed by atoms with van der Waals surface area (Å²) in [7, 11) is 0.